The Hall–Kier alpha value is -4.55. The maximum Gasteiger partial charge on any atom is 0.265 e. The van der Waals surface area contributed by atoms with Crippen LogP contribution in [0.5, 0.6) is 0 Å². The number of hydrogen-bond donors (Lipinski definition) is 2. The predicted molar refractivity (Wildman–Crippen MR) is 143 cm³/mol. The first-order valence-corrected chi connectivity index (χ1v) is 14.4. The van der Waals surface area contributed by atoms with Crippen molar-refractivity contribution < 1.29 is 16.8 Å². The van der Waals surface area contributed by atoms with Crippen molar-refractivity contribution in [2.45, 2.75) is 16.3 Å². The first-order chi connectivity index (χ1) is 18.3. The first kappa shape index (κ1) is 25.1. The minimum Gasteiger partial charge on any atom is -0.280 e. The van der Waals surface area contributed by atoms with E-state index in [-0.39, 0.29) is 21.4 Å². The van der Waals surface area contributed by atoms with Gasteiger partial charge >= 0.3 is 0 Å². The molecular weight excluding hydrogens is 524 g/mol. The third-order valence-electron chi connectivity index (χ3n) is 5.46. The van der Waals surface area contributed by atoms with Gasteiger partial charge in [-0.15, -0.1) is 0 Å². The van der Waals surface area contributed by atoms with E-state index >= 15 is 0 Å². The lowest BCUT2D eigenvalue weighted by molar-refractivity contribution is 0.599. The summed E-state index contributed by atoms with van der Waals surface area (Å²) in [7, 11) is -8.04. The molecule has 0 bridgehead atoms. The van der Waals surface area contributed by atoms with Crippen LogP contribution in [0.1, 0.15) is 5.56 Å². The van der Waals surface area contributed by atoms with Gasteiger partial charge in [0.25, 0.3) is 20.0 Å². The molecule has 0 spiro atoms. The van der Waals surface area contributed by atoms with E-state index < -0.39 is 20.0 Å². The van der Waals surface area contributed by atoms with Gasteiger partial charge in [-0.1, -0.05) is 60.7 Å². The fourth-order valence-electron chi connectivity index (χ4n) is 3.69. The van der Waals surface area contributed by atoms with Gasteiger partial charge in [0.15, 0.2) is 0 Å². The van der Waals surface area contributed by atoms with Gasteiger partial charge in [-0.25, -0.2) is 31.5 Å². The molecule has 0 saturated heterocycles. The molecule has 5 rings (SSSR count). The molecule has 0 saturated carbocycles. The average Bonchev–Trinajstić information content (AvgIpc) is 3.35. The zero-order valence-corrected chi connectivity index (χ0v) is 21.5. The van der Waals surface area contributed by atoms with Gasteiger partial charge in [0, 0.05) is 29.8 Å². The Balaban J connectivity index is 1.42. The maximum absolute atomic E-state index is 13.5. The molecule has 0 aliphatic heterocycles. The molecule has 12 heteroatoms. The Labute approximate surface area is 220 Å². The fraction of sp³-hybridized carbons (Fsp3) is 0.0385. The third-order valence-corrected chi connectivity index (χ3v) is 8.19. The van der Waals surface area contributed by atoms with Gasteiger partial charge in [-0.2, -0.15) is 5.10 Å². The summed E-state index contributed by atoms with van der Waals surface area (Å²) >= 11 is 0. The summed E-state index contributed by atoms with van der Waals surface area (Å²) in [5.41, 5.74) is 2.11. The quantitative estimate of drug-likeness (QED) is 0.285. The monoisotopic (exact) mass is 546 g/mol. The molecule has 0 amide bonds. The van der Waals surface area contributed by atoms with Crippen LogP contribution in [0.2, 0.25) is 0 Å². The molecule has 0 unspecified atom stereocenters. The number of nitrogens with one attached hydrogen (secondary N) is 2. The van der Waals surface area contributed by atoms with Crippen LogP contribution >= 0.6 is 0 Å². The number of aromatic nitrogens is 4. The standard InChI is InChI=1S/C26H22N6O4S2/c33-37(34,31-26-27-16-7-17-28-26)23-14-12-22(13-15-23)30-38(35,36)24-19-32(18-20-8-3-1-4-9-20)29-25(24)21-10-5-2-6-11-21/h1-17,19,30H,18H2,(H,27,28,31). The highest BCUT2D eigenvalue weighted by atomic mass is 32.2. The zero-order chi connectivity index (χ0) is 26.6. The lowest BCUT2D eigenvalue weighted by Crippen LogP contribution is -2.16. The Morgan fingerprint density at radius 2 is 1.32 bits per heavy atom. The van der Waals surface area contributed by atoms with Crippen molar-refractivity contribution in [3.05, 3.63) is 115 Å². The average molecular weight is 547 g/mol. The lowest BCUT2D eigenvalue weighted by atomic mass is 10.2. The van der Waals surface area contributed by atoms with E-state index in [1.165, 1.54) is 42.9 Å². The Morgan fingerprint density at radius 1 is 0.684 bits per heavy atom. The zero-order valence-electron chi connectivity index (χ0n) is 19.8. The Bertz CT molecular complexity index is 1740. The normalized spacial score (nSPS) is 11.7. The Morgan fingerprint density at radius 3 is 1.97 bits per heavy atom. The van der Waals surface area contributed by atoms with E-state index in [4.69, 9.17) is 0 Å². The van der Waals surface area contributed by atoms with Crippen LogP contribution in [-0.2, 0) is 26.6 Å². The van der Waals surface area contributed by atoms with Crippen molar-refractivity contribution in [2.75, 3.05) is 9.44 Å². The molecule has 38 heavy (non-hydrogen) atoms. The summed E-state index contributed by atoms with van der Waals surface area (Å²) in [5.74, 6) is -0.0711. The van der Waals surface area contributed by atoms with Gasteiger partial charge in [0.2, 0.25) is 5.95 Å². The third kappa shape index (κ3) is 5.71. The summed E-state index contributed by atoms with van der Waals surface area (Å²) in [6.07, 6.45) is 4.31. The highest BCUT2D eigenvalue weighted by Gasteiger charge is 2.24. The molecule has 192 valence electrons. The minimum absolute atomic E-state index is 0.000720. The summed E-state index contributed by atoms with van der Waals surface area (Å²) < 4.78 is 58.6. The lowest BCUT2D eigenvalue weighted by Gasteiger charge is -2.10. The van der Waals surface area contributed by atoms with E-state index in [1.807, 2.05) is 48.5 Å². The molecule has 2 N–H and O–H groups in total. The number of anilines is 2. The van der Waals surface area contributed by atoms with Crippen molar-refractivity contribution in [3.8, 4) is 11.3 Å². The topological polar surface area (TPSA) is 136 Å². The smallest absolute Gasteiger partial charge is 0.265 e. The summed E-state index contributed by atoms with van der Waals surface area (Å²) in [6.45, 7) is 0.390. The number of benzene rings is 3. The van der Waals surface area contributed by atoms with Gasteiger partial charge in [0.05, 0.1) is 11.4 Å². The molecule has 0 atom stereocenters. The van der Waals surface area contributed by atoms with Crippen LogP contribution in [0.3, 0.4) is 0 Å². The van der Waals surface area contributed by atoms with Crippen LogP contribution in [0.25, 0.3) is 11.3 Å². The predicted octanol–water partition coefficient (Wildman–Crippen LogP) is 3.99. The van der Waals surface area contributed by atoms with Gasteiger partial charge in [-0.3, -0.25) is 9.40 Å². The number of sulfonamides is 2. The fourth-order valence-corrected chi connectivity index (χ4v) is 5.88. The van der Waals surface area contributed by atoms with E-state index in [9.17, 15) is 16.8 Å². The minimum atomic E-state index is -4.08. The molecule has 0 radical (unpaired) electrons. The highest BCUT2D eigenvalue weighted by Crippen LogP contribution is 2.28. The largest absolute Gasteiger partial charge is 0.280 e. The van der Waals surface area contributed by atoms with E-state index in [1.54, 1.807) is 22.9 Å². The van der Waals surface area contributed by atoms with Crippen molar-refractivity contribution >= 4 is 31.7 Å². The molecular formula is C26H22N6O4S2. The SMILES string of the molecule is O=S(=O)(Nc1ncccn1)c1ccc(NS(=O)(=O)c2cn(Cc3ccccc3)nc2-c2ccccc2)cc1. The Kier molecular flexibility index (Phi) is 6.90. The van der Waals surface area contributed by atoms with Gasteiger partial charge in [0.1, 0.15) is 10.6 Å². The second-order valence-corrected chi connectivity index (χ2v) is 11.5. The van der Waals surface area contributed by atoms with E-state index in [0.717, 1.165) is 5.56 Å². The molecule has 10 nitrogen and oxygen atoms in total. The molecule has 2 heterocycles. The molecule has 5 aromatic rings. The first-order valence-electron chi connectivity index (χ1n) is 11.4. The van der Waals surface area contributed by atoms with Crippen LogP contribution in [-0.4, -0.2) is 36.6 Å². The molecule has 0 aliphatic carbocycles. The van der Waals surface area contributed by atoms with Crippen LogP contribution in [0.4, 0.5) is 11.6 Å². The number of rotatable bonds is 9. The molecule has 0 fully saturated rings. The maximum atomic E-state index is 13.5. The second kappa shape index (κ2) is 10.4. The summed E-state index contributed by atoms with van der Waals surface area (Å²) in [4.78, 5) is 7.62. The summed E-state index contributed by atoms with van der Waals surface area (Å²) in [6, 6.07) is 25.5. The summed E-state index contributed by atoms with van der Waals surface area (Å²) in [5, 5.41) is 4.57. The molecule has 3 aromatic carbocycles. The van der Waals surface area contributed by atoms with Crippen LogP contribution in [0.15, 0.2) is 119 Å². The van der Waals surface area contributed by atoms with Crippen LogP contribution in [0, 0.1) is 0 Å². The van der Waals surface area contributed by atoms with E-state index in [0.29, 0.717) is 17.8 Å². The second-order valence-electron chi connectivity index (χ2n) is 8.20. The number of nitrogens with zero attached hydrogens (tertiary/aromatic N) is 4. The van der Waals surface area contributed by atoms with Crippen molar-refractivity contribution in [2.24, 2.45) is 0 Å². The molecule has 2 aromatic heterocycles. The highest BCUT2D eigenvalue weighted by molar-refractivity contribution is 7.93. The van der Waals surface area contributed by atoms with Crippen molar-refractivity contribution in [1.82, 2.24) is 19.7 Å². The van der Waals surface area contributed by atoms with Crippen molar-refractivity contribution in [1.29, 1.82) is 0 Å². The van der Waals surface area contributed by atoms with Crippen molar-refractivity contribution in [3.63, 3.8) is 0 Å². The number of hydrogen-bond acceptors (Lipinski definition) is 7. The molecule has 0 aliphatic rings. The van der Waals surface area contributed by atoms with Gasteiger partial charge in [-0.05, 0) is 35.9 Å². The van der Waals surface area contributed by atoms with Gasteiger partial charge < -0.3 is 0 Å². The van der Waals surface area contributed by atoms with Crippen LogP contribution < -0.4 is 9.44 Å². The van der Waals surface area contributed by atoms with E-state index in [2.05, 4.69) is 24.5 Å².